The lowest BCUT2D eigenvalue weighted by Crippen LogP contribution is -2.39. The Morgan fingerprint density at radius 1 is 1.53 bits per heavy atom. The van der Waals surface area contributed by atoms with Crippen molar-refractivity contribution < 1.29 is 19.4 Å². The molecule has 0 spiro atoms. The Bertz CT molecular complexity index is 525. The highest BCUT2D eigenvalue weighted by Crippen LogP contribution is 1.93. The quantitative estimate of drug-likeness (QED) is 0.692. The second-order valence-corrected chi connectivity index (χ2v) is 3.81. The molecule has 19 heavy (non-hydrogen) atoms. The second kappa shape index (κ2) is 6.64. The molecule has 8 heteroatoms. The maximum absolute atomic E-state index is 11.7. The first-order chi connectivity index (χ1) is 8.95. The number of nitrogens with zero attached hydrogens (tertiary/aromatic N) is 2. The maximum atomic E-state index is 11.7. The van der Waals surface area contributed by atoms with Gasteiger partial charge in [0, 0.05) is 13.2 Å². The van der Waals surface area contributed by atoms with E-state index in [4.69, 9.17) is 9.84 Å². The van der Waals surface area contributed by atoms with Crippen molar-refractivity contribution in [1.29, 1.82) is 0 Å². The molecule has 0 unspecified atom stereocenters. The molecule has 0 radical (unpaired) electrons. The van der Waals surface area contributed by atoms with E-state index in [0.29, 0.717) is 0 Å². The number of aromatic nitrogens is 2. The Morgan fingerprint density at radius 3 is 2.79 bits per heavy atom. The van der Waals surface area contributed by atoms with Crippen LogP contribution in [0, 0.1) is 0 Å². The van der Waals surface area contributed by atoms with Crippen molar-refractivity contribution in [3.8, 4) is 0 Å². The van der Waals surface area contributed by atoms with Crippen molar-refractivity contribution >= 4 is 11.9 Å². The van der Waals surface area contributed by atoms with E-state index in [9.17, 15) is 14.4 Å². The molecule has 1 atom stereocenters. The lowest BCUT2D eigenvalue weighted by molar-refractivity contribution is -0.138. The van der Waals surface area contributed by atoms with Crippen LogP contribution in [0.2, 0.25) is 0 Å². The van der Waals surface area contributed by atoms with E-state index in [1.165, 1.54) is 26.2 Å². The summed E-state index contributed by atoms with van der Waals surface area (Å²) < 4.78 is 5.91. The minimum atomic E-state index is -1.15. The monoisotopic (exact) mass is 269 g/mol. The standard InChI is InChI=1S/C11H15N3O5/c1-7(11(17)18)12-10(16)8-3-4-9(15)14(13-8)5-6-19-2/h3-4,7H,5-6H2,1-2H3,(H,12,16)(H,17,18)/t7-/m0/s1. The molecule has 0 saturated heterocycles. The van der Waals surface area contributed by atoms with Crippen molar-refractivity contribution in [3.05, 3.63) is 28.2 Å². The fraction of sp³-hybridized carbons (Fsp3) is 0.455. The number of carbonyl (C=O) groups excluding carboxylic acids is 1. The summed E-state index contributed by atoms with van der Waals surface area (Å²) in [5.74, 6) is -1.80. The topological polar surface area (TPSA) is 111 Å². The van der Waals surface area contributed by atoms with Gasteiger partial charge in [0.1, 0.15) is 11.7 Å². The van der Waals surface area contributed by atoms with E-state index in [1.807, 2.05) is 0 Å². The molecule has 0 fully saturated rings. The number of aliphatic carboxylic acids is 1. The minimum absolute atomic E-state index is 0.0243. The highest BCUT2D eigenvalue weighted by atomic mass is 16.5. The van der Waals surface area contributed by atoms with Crippen LogP contribution >= 0.6 is 0 Å². The molecule has 0 saturated carbocycles. The highest BCUT2D eigenvalue weighted by molar-refractivity contribution is 5.94. The van der Waals surface area contributed by atoms with Crippen molar-refractivity contribution in [2.45, 2.75) is 19.5 Å². The van der Waals surface area contributed by atoms with Crippen LogP contribution in [0.15, 0.2) is 16.9 Å². The van der Waals surface area contributed by atoms with Gasteiger partial charge in [0.2, 0.25) is 0 Å². The number of amides is 1. The van der Waals surface area contributed by atoms with Crippen LogP contribution in [0.5, 0.6) is 0 Å². The van der Waals surface area contributed by atoms with Gasteiger partial charge in [0.15, 0.2) is 0 Å². The Morgan fingerprint density at radius 2 is 2.21 bits per heavy atom. The van der Waals surface area contributed by atoms with E-state index in [-0.39, 0.29) is 24.4 Å². The molecule has 0 aliphatic carbocycles. The zero-order valence-corrected chi connectivity index (χ0v) is 10.6. The zero-order valence-electron chi connectivity index (χ0n) is 10.6. The summed E-state index contributed by atoms with van der Waals surface area (Å²) in [6.07, 6.45) is 0. The average molecular weight is 269 g/mol. The van der Waals surface area contributed by atoms with Gasteiger partial charge in [0.25, 0.3) is 11.5 Å². The summed E-state index contributed by atoms with van der Waals surface area (Å²) in [7, 11) is 1.48. The number of methoxy groups -OCH3 is 1. The first-order valence-corrected chi connectivity index (χ1v) is 5.56. The summed E-state index contributed by atoms with van der Waals surface area (Å²) in [5.41, 5.74) is -0.385. The van der Waals surface area contributed by atoms with E-state index in [0.717, 1.165) is 4.68 Å². The summed E-state index contributed by atoms with van der Waals surface area (Å²) in [6.45, 7) is 1.83. The molecule has 8 nitrogen and oxygen atoms in total. The molecule has 1 aromatic rings. The van der Waals surface area contributed by atoms with Crippen molar-refractivity contribution in [3.63, 3.8) is 0 Å². The Hall–Kier alpha value is -2.22. The Labute approximate surface area is 109 Å². The first-order valence-electron chi connectivity index (χ1n) is 5.56. The molecular formula is C11H15N3O5. The van der Waals surface area contributed by atoms with Crippen LogP contribution in [-0.4, -0.2) is 46.5 Å². The van der Waals surface area contributed by atoms with Crippen LogP contribution in [0.25, 0.3) is 0 Å². The molecule has 2 N–H and O–H groups in total. The van der Waals surface area contributed by atoms with Gasteiger partial charge in [-0.05, 0) is 13.0 Å². The number of carboxylic acids is 1. The van der Waals surface area contributed by atoms with Gasteiger partial charge in [-0.25, -0.2) is 4.68 Å². The summed E-state index contributed by atoms with van der Waals surface area (Å²) in [4.78, 5) is 33.8. The van der Waals surface area contributed by atoms with Crippen LogP contribution < -0.4 is 10.9 Å². The first kappa shape index (κ1) is 14.8. The number of ether oxygens (including phenoxy) is 1. The van der Waals surface area contributed by atoms with E-state index >= 15 is 0 Å². The largest absolute Gasteiger partial charge is 0.480 e. The van der Waals surface area contributed by atoms with Gasteiger partial charge in [-0.15, -0.1) is 0 Å². The van der Waals surface area contributed by atoms with E-state index < -0.39 is 17.9 Å². The second-order valence-electron chi connectivity index (χ2n) is 3.81. The van der Waals surface area contributed by atoms with Gasteiger partial charge in [-0.1, -0.05) is 0 Å². The van der Waals surface area contributed by atoms with Crippen molar-refractivity contribution in [1.82, 2.24) is 15.1 Å². The lowest BCUT2D eigenvalue weighted by Gasteiger charge is -2.10. The Balaban J connectivity index is 2.86. The fourth-order valence-corrected chi connectivity index (χ4v) is 1.24. The molecule has 1 heterocycles. The van der Waals surface area contributed by atoms with Crippen LogP contribution in [-0.2, 0) is 16.1 Å². The maximum Gasteiger partial charge on any atom is 0.325 e. The smallest absolute Gasteiger partial charge is 0.325 e. The van der Waals surface area contributed by atoms with Crippen LogP contribution in [0.3, 0.4) is 0 Å². The summed E-state index contributed by atoms with van der Waals surface area (Å²) in [6, 6.07) is 1.41. The molecule has 104 valence electrons. The van der Waals surface area contributed by atoms with E-state index in [2.05, 4.69) is 10.4 Å². The average Bonchev–Trinajstić information content (AvgIpc) is 2.37. The minimum Gasteiger partial charge on any atom is -0.480 e. The number of nitrogens with one attached hydrogen (secondary N) is 1. The van der Waals surface area contributed by atoms with Gasteiger partial charge in [0.05, 0.1) is 13.2 Å². The summed E-state index contributed by atoms with van der Waals surface area (Å²) >= 11 is 0. The van der Waals surface area contributed by atoms with Gasteiger partial charge >= 0.3 is 5.97 Å². The van der Waals surface area contributed by atoms with E-state index in [1.54, 1.807) is 0 Å². The molecule has 0 aliphatic rings. The number of hydrogen-bond donors (Lipinski definition) is 2. The molecule has 0 aliphatic heterocycles. The number of carbonyl (C=O) groups is 2. The predicted molar refractivity (Wildman–Crippen MR) is 64.9 cm³/mol. The van der Waals surface area contributed by atoms with Crippen LogP contribution in [0.4, 0.5) is 0 Å². The van der Waals surface area contributed by atoms with Gasteiger partial charge in [-0.3, -0.25) is 14.4 Å². The van der Waals surface area contributed by atoms with Crippen LogP contribution in [0.1, 0.15) is 17.4 Å². The number of carboxylic acid groups (broad SMARTS) is 1. The third kappa shape index (κ3) is 4.18. The highest BCUT2D eigenvalue weighted by Gasteiger charge is 2.16. The zero-order chi connectivity index (χ0) is 14.4. The molecule has 1 amide bonds. The third-order valence-corrected chi connectivity index (χ3v) is 2.32. The number of hydrogen-bond acceptors (Lipinski definition) is 5. The normalized spacial score (nSPS) is 11.9. The number of rotatable bonds is 6. The van der Waals surface area contributed by atoms with Gasteiger partial charge in [-0.2, -0.15) is 5.10 Å². The molecule has 0 aromatic carbocycles. The summed E-state index contributed by atoms with van der Waals surface area (Å²) in [5, 5.41) is 14.8. The molecular weight excluding hydrogens is 254 g/mol. The van der Waals surface area contributed by atoms with Gasteiger partial charge < -0.3 is 15.2 Å². The van der Waals surface area contributed by atoms with Crippen molar-refractivity contribution in [2.75, 3.05) is 13.7 Å². The SMILES string of the molecule is COCCn1nc(C(=O)N[C@@H](C)C(=O)O)ccc1=O. The molecule has 0 bridgehead atoms. The predicted octanol–water partition coefficient (Wildman–Crippen LogP) is -0.907. The lowest BCUT2D eigenvalue weighted by atomic mass is 10.3. The third-order valence-electron chi connectivity index (χ3n) is 2.32. The van der Waals surface area contributed by atoms with Crippen molar-refractivity contribution in [2.24, 2.45) is 0 Å². The fourth-order valence-electron chi connectivity index (χ4n) is 1.24. The Kier molecular flexibility index (Phi) is 5.19. The molecule has 1 aromatic heterocycles. The molecule has 1 rings (SSSR count).